The van der Waals surface area contributed by atoms with E-state index in [4.69, 9.17) is 14.0 Å². The number of amides is 4. The molecule has 61 heavy (non-hydrogen) atoms. The van der Waals surface area contributed by atoms with Crippen molar-refractivity contribution < 1.29 is 46.7 Å². The van der Waals surface area contributed by atoms with Gasteiger partial charge in [-0.2, -0.15) is 8.42 Å². The predicted octanol–water partition coefficient (Wildman–Crippen LogP) is 2.94. The smallest absolute Gasteiger partial charge is 0.266 e. The van der Waals surface area contributed by atoms with Gasteiger partial charge in [-0.15, -0.1) is 0 Å². The van der Waals surface area contributed by atoms with Crippen LogP contribution in [-0.2, 0) is 45.2 Å². The van der Waals surface area contributed by atoms with E-state index < -0.39 is 76.3 Å². The minimum absolute atomic E-state index is 0.00814. The molecule has 0 bridgehead atoms. The summed E-state index contributed by atoms with van der Waals surface area (Å²) >= 11 is 0. The van der Waals surface area contributed by atoms with E-state index in [0.717, 1.165) is 5.56 Å². The number of benzene rings is 1. The number of ether oxygens (including phenoxy) is 2. The average molecular weight is 883 g/mol. The normalized spacial score (nSPS) is 19.3. The van der Waals surface area contributed by atoms with Crippen LogP contribution in [-0.4, -0.2) is 158 Å². The van der Waals surface area contributed by atoms with Gasteiger partial charge in [0.1, 0.15) is 12.3 Å². The Bertz CT molecular complexity index is 1630. The van der Waals surface area contributed by atoms with Crippen molar-refractivity contribution >= 4 is 33.7 Å². The molecule has 1 aliphatic rings. The Balaban J connectivity index is 2.32. The number of nitrogens with zero attached hydrogens (tertiary/aromatic N) is 3. The van der Waals surface area contributed by atoms with Crippen LogP contribution >= 0.6 is 0 Å². The molecular weight excluding hydrogens is 805 g/mol. The summed E-state index contributed by atoms with van der Waals surface area (Å²) < 4.78 is 43.8. The first-order chi connectivity index (χ1) is 28.5. The highest BCUT2D eigenvalue weighted by Gasteiger charge is 2.43. The molecule has 4 amide bonds. The van der Waals surface area contributed by atoms with Crippen LogP contribution in [0.25, 0.3) is 0 Å². The van der Waals surface area contributed by atoms with Crippen molar-refractivity contribution in [1.82, 2.24) is 30.7 Å². The van der Waals surface area contributed by atoms with Gasteiger partial charge < -0.3 is 35.0 Å². The fraction of sp³-hybridized carbons (Fsp3) is 0.773. The first-order valence-corrected chi connectivity index (χ1v) is 23.5. The monoisotopic (exact) mass is 883 g/mol. The number of methoxy groups -OCH3 is 2. The second kappa shape index (κ2) is 25.2. The van der Waals surface area contributed by atoms with E-state index in [1.165, 1.54) is 14.2 Å². The number of carbonyl (C=O) groups is 4. The summed E-state index contributed by atoms with van der Waals surface area (Å²) in [4.78, 5) is 61.8. The molecule has 350 valence electrons. The summed E-state index contributed by atoms with van der Waals surface area (Å²) in [5.74, 6) is -2.79. The fourth-order valence-corrected chi connectivity index (χ4v) is 8.83. The number of hydrogen-bond acceptors (Lipinski definition) is 11. The van der Waals surface area contributed by atoms with Gasteiger partial charge >= 0.3 is 0 Å². The number of rotatable bonds is 26. The minimum Gasteiger partial charge on any atom is -0.379 e. The third kappa shape index (κ3) is 15.8. The maximum absolute atomic E-state index is 14.4. The first kappa shape index (κ1) is 53.9. The molecule has 0 spiro atoms. The van der Waals surface area contributed by atoms with Gasteiger partial charge in [0.25, 0.3) is 10.1 Å². The van der Waals surface area contributed by atoms with Crippen LogP contribution < -0.4 is 16.0 Å². The van der Waals surface area contributed by atoms with E-state index in [1.54, 1.807) is 23.8 Å². The molecule has 1 aliphatic heterocycles. The molecule has 0 radical (unpaired) electrons. The summed E-state index contributed by atoms with van der Waals surface area (Å²) in [6, 6.07) is 6.22. The Morgan fingerprint density at radius 2 is 1.54 bits per heavy atom. The summed E-state index contributed by atoms with van der Waals surface area (Å²) in [5, 5.41) is 19.7. The molecule has 1 saturated heterocycles. The summed E-state index contributed by atoms with van der Waals surface area (Å²) in [5.41, 5.74) is 0.821. The van der Waals surface area contributed by atoms with Gasteiger partial charge in [-0.1, -0.05) is 85.2 Å². The largest absolute Gasteiger partial charge is 0.379 e. The van der Waals surface area contributed by atoms with Crippen LogP contribution in [0.1, 0.15) is 93.6 Å². The zero-order chi connectivity index (χ0) is 46.4. The van der Waals surface area contributed by atoms with Crippen LogP contribution in [0.15, 0.2) is 30.3 Å². The molecule has 1 aromatic carbocycles. The summed E-state index contributed by atoms with van der Waals surface area (Å²) in [6.07, 6.45) is -0.615. The van der Waals surface area contributed by atoms with Crippen molar-refractivity contribution in [2.45, 2.75) is 149 Å². The Morgan fingerprint density at radius 3 is 2.05 bits per heavy atom. The van der Waals surface area contributed by atoms with E-state index in [2.05, 4.69) is 16.0 Å². The second-order valence-corrected chi connectivity index (χ2v) is 19.3. The lowest BCUT2D eigenvalue weighted by Crippen LogP contribution is -2.60. The van der Waals surface area contributed by atoms with E-state index in [1.807, 2.05) is 97.7 Å². The van der Waals surface area contributed by atoms with Gasteiger partial charge in [-0.05, 0) is 63.5 Å². The number of carbonyl (C=O) groups excluding carboxylic acids is 4. The van der Waals surface area contributed by atoms with Crippen molar-refractivity contribution in [2.24, 2.45) is 23.7 Å². The SMILES string of the molecule is CC[C@H](C)C([C@@H](CC(=O)N1CCC[C@H]1[C@H](OC)[C@@H](C)C(=O)N[C@@H](Cc1ccccc1)C(O)NCCS(=O)(=O)O)OC)N(C)C(=O)[C@@H](NC(=O)[C@H](C(C)C)N(C)C(C)C)C(C)C. The quantitative estimate of drug-likeness (QED) is 0.0673. The second-order valence-electron chi connectivity index (χ2n) is 17.8. The van der Waals surface area contributed by atoms with Gasteiger partial charge in [-0.3, -0.25) is 33.9 Å². The zero-order valence-electron chi connectivity index (χ0n) is 39.0. The first-order valence-electron chi connectivity index (χ1n) is 21.9. The van der Waals surface area contributed by atoms with Gasteiger partial charge in [0.2, 0.25) is 23.6 Å². The number of likely N-dealkylation sites (N-methyl/N-ethyl adjacent to an activating group) is 2. The van der Waals surface area contributed by atoms with Crippen molar-refractivity contribution in [1.29, 1.82) is 0 Å². The van der Waals surface area contributed by atoms with E-state index in [9.17, 15) is 32.7 Å². The maximum atomic E-state index is 14.4. The zero-order valence-corrected chi connectivity index (χ0v) is 39.8. The molecule has 1 fully saturated rings. The van der Waals surface area contributed by atoms with Crippen LogP contribution in [0.5, 0.6) is 0 Å². The molecule has 5 N–H and O–H groups in total. The minimum atomic E-state index is -4.28. The van der Waals surface area contributed by atoms with Gasteiger partial charge in [0.05, 0.1) is 54.5 Å². The number of hydrogen-bond donors (Lipinski definition) is 5. The van der Waals surface area contributed by atoms with Gasteiger partial charge in [0.15, 0.2) is 0 Å². The topological polar surface area (TPSA) is 207 Å². The Kier molecular flexibility index (Phi) is 22.3. The van der Waals surface area contributed by atoms with Crippen molar-refractivity contribution in [3.8, 4) is 0 Å². The molecule has 2 unspecified atom stereocenters. The molecule has 17 heteroatoms. The van der Waals surface area contributed by atoms with E-state index in [-0.39, 0.29) is 60.9 Å². The predicted molar refractivity (Wildman–Crippen MR) is 237 cm³/mol. The molecule has 1 aromatic rings. The number of aliphatic hydroxyl groups is 1. The van der Waals surface area contributed by atoms with E-state index >= 15 is 0 Å². The molecular formula is C44H78N6O10S. The van der Waals surface area contributed by atoms with Gasteiger partial charge in [-0.25, -0.2) is 0 Å². The average Bonchev–Trinajstić information content (AvgIpc) is 3.68. The molecule has 0 aromatic heterocycles. The summed E-state index contributed by atoms with van der Waals surface area (Å²) in [6.45, 7) is 17.8. The van der Waals surface area contributed by atoms with Crippen LogP contribution in [0.3, 0.4) is 0 Å². The highest BCUT2D eigenvalue weighted by molar-refractivity contribution is 7.85. The fourth-order valence-electron chi connectivity index (χ4n) is 8.46. The van der Waals surface area contributed by atoms with Crippen molar-refractivity contribution in [3.05, 3.63) is 35.9 Å². The third-order valence-corrected chi connectivity index (χ3v) is 13.1. The lowest BCUT2D eigenvalue weighted by molar-refractivity contribution is -0.148. The molecule has 0 saturated carbocycles. The lowest BCUT2D eigenvalue weighted by Gasteiger charge is -2.41. The maximum Gasteiger partial charge on any atom is 0.266 e. The molecule has 0 aliphatic carbocycles. The van der Waals surface area contributed by atoms with Crippen molar-refractivity contribution in [3.63, 3.8) is 0 Å². The Hall–Kier alpha value is -3.19. The molecule has 10 atom stereocenters. The number of likely N-dealkylation sites (tertiary alicyclic amines) is 1. The molecule has 16 nitrogen and oxygen atoms in total. The Labute approximate surface area is 366 Å². The van der Waals surface area contributed by atoms with Crippen LogP contribution in [0, 0.1) is 23.7 Å². The lowest BCUT2D eigenvalue weighted by atomic mass is 9.89. The molecule has 2 rings (SSSR count). The van der Waals surface area contributed by atoms with Crippen LogP contribution in [0.2, 0.25) is 0 Å². The summed E-state index contributed by atoms with van der Waals surface area (Å²) in [7, 11) is 2.38. The molecule has 1 heterocycles. The number of nitrogens with one attached hydrogen (secondary N) is 3. The van der Waals surface area contributed by atoms with Crippen LogP contribution in [0.4, 0.5) is 0 Å². The number of aliphatic hydroxyl groups excluding tert-OH is 1. The highest BCUT2D eigenvalue weighted by Crippen LogP contribution is 2.30. The highest BCUT2D eigenvalue weighted by atomic mass is 32.2. The van der Waals surface area contributed by atoms with E-state index in [0.29, 0.717) is 25.8 Å². The Morgan fingerprint density at radius 1 is 0.918 bits per heavy atom. The standard InChI is InChI=1S/C44H78N6O10S/c1-14-30(8)39(49(11)44(55)37(27(2)3)47-43(54)38(28(4)5)48(10)29(6)7)35(59-12)26-36(51)50-23-18-21-34(50)40(60-13)31(9)41(52)46-33(25-32-19-16-15-17-20-32)42(53)45-22-24-61(56,57)58/h15-17,19-20,27-31,33-35,37-40,42,45,53H,14,18,21-26H2,1-13H3,(H,46,52)(H,47,54)(H,56,57,58)/t30-,31+,33-,34-,35+,37-,38-,39?,40+,42?/m0/s1. The van der Waals surface area contributed by atoms with Crippen molar-refractivity contribution in [2.75, 3.05) is 47.2 Å². The third-order valence-electron chi connectivity index (χ3n) is 12.4. The van der Waals surface area contributed by atoms with Gasteiger partial charge in [0, 0.05) is 40.4 Å².